The highest BCUT2D eigenvalue weighted by Crippen LogP contribution is 2.35. The molecule has 2 rings (SSSR count). The van der Waals surface area contributed by atoms with Crippen LogP contribution in [0.4, 0.5) is 4.79 Å². The van der Waals surface area contributed by atoms with E-state index < -0.39 is 11.4 Å². The van der Waals surface area contributed by atoms with Crippen LogP contribution >= 0.6 is 0 Å². The topological polar surface area (TPSA) is 79.3 Å². The van der Waals surface area contributed by atoms with Crippen LogP contribution in [0, 0.1) is 5.41 Å². The number of aliphatic carboxylic acids is 1. The van der Waals surface area contributed by atoms with E-state index >= 15 is 0 Å². The Balaban J connectivity index is 2.00. The zero-order valence-electron chi connectivity index (χ0n) is 13.3. The van der Waals surface area contributed by atoms with E-state index in [9.17, 15) is 14.7 Å². The summed E-state index contributed by atoms with van der Waals surface area (Å²) in [7, 11) is 1.61. The van der Waals surface area contributed by atoms with E-state index in [4.69, 9.17) is 9.47 Å². The number of rotatable bonds is 5. The van der Waals surface area contributed by atoms with Gasteiger partial charge in [-0.25, -0.2) is 4.79 Å². The summed E-state index contributed by atoms with van der Waals surface area (Å²) in [6, 6.07) is -0.0552. The number of methoxy groups -OCH3 is 1. The van der Waals surface area contributed by atoms with Gasteiger partial charge in [0.15, 0.2) is 0 Å². The molecule has 7 nitrogen and oxygen atoms in total. The molecule has 2 amide bonds. The molecule has 0 aromatic carbocycles. The molecule has 0 aromatic rings. The molecule has 126 valence electrons. The van der Waals surface area contributed by atoms with Crippen molar-refractivity contribution >= 4 is 12.0 Å². The van der Waals surface area contributed by atoms with Crippen molar-refractivity contribution in [2.75, 3.05) is 53.1 Å². The van der Waals surface area contributed by atoms with Crippen LogP contribution in [0.25, 0.3) is 0 Å². The highest BCUT2D eigenvalue weighted by Gasteiger charge is 2.43. The van der Waals surface area contributed by atoms with E-state index in [2.05, 4.69) is 0 Å². The van der Waals surface area contributed by atoms with Gasteiger partial charge in [-0.2, -0.15) is 0 Å². The van der Waals surface area contributed by atoms with E-state index in [1.807, 2.05) is 0 Å². The van der Waals surface area contributed by atoms with Crippen molar-refractivity contribution < 1.29 is 24.2 Å². The number of hydrogen-bond acceptors (Lipinski definition) is 4. The minimum absolute atomic E-state index is 0.0552. The van der Waals surface area contributed by atoms with Gasteiger partial charge in [-0.15, -0.1) is 0 Å². The second-order valence-electron chi connectivity index (χ2n) is 6.09. The van der Waals surface area contributed by atoms with Gasteiger partial charge in [0, 0.05) is 39.9 Å². The fourth-order valence-electron chi connectivity index (χ4n) is 3.29. The maximum atomic E-state index is 12.6. The second kappa shape index (κ2) is 7.78. The summed E-state index contributed by atoms with van der Waals surface area (Å²) < 4.78 is 10.3. The highest BCUT2D eigenvalue weighted by atomic mass is 16.5. The van der Waals surface area contributed by atoms with E-state index in [-0.39, 0.29) is 6.03 Å². The number of nitrogens with zero attached hydrogens (tertiary/aromatic N) is 2. The van der Waals surface area contributed by atoms with Gasteiger partial charge >= 0.3 is 12.0 Å². The van der Waals surface area contributed by atoms with Crippen LogP contribution < -0.4 is 0 Å². The number of morpholine rings is 1. The SMILES string of the molecule is COCCC[C@]1(C(=O)O)CCCN(C(=O)N2CCOCC2)C1. The van der Waals surface area contributed by atoms with Crippen molar-refractivity contribution in [3.8, 4) is 0 Å². The Morgan fingerprint density at radius 2 is 1.95 bits per heavy atom. The van der Waals surface area contributed by atoms with Crippen molar-refractivity contribution in [1.29, 1.82) is 0 Å². The summed E-state index contributed by atoms with van der Waals surface area (Å²) in [5, 5.41) is 9.69. The Kier molecular flexibility index (Phi) is 6.02. The zero-order chi connectivity index (χ0) is 16.0. The second-order valence-corrected chi connectivity index (χ2v) is 6.09. The molecule has 7 heteroatoms. The average molecular weight is 314 g/mol. The van der Waals surface area contributed by atoms with Crippen molar-refractivity contribution in [3.63, 3.8) is 0 Å². The highest BCUT2D eigenvalue weighted by molar-refractivity contribution is 5.79. The Morgan fingerprint density at radius 1 is 1.23 bits per heavy atom. The molecule has 2 aliphatic rings. The first kappa shape index (κ1) is 17.0. The number of likely N-dealkylation sites (tertiary alicyclic amines) is 1. The normalized spacial score (nSPS) is 26.0. The van der Waals surface area contributed by atoms with Crippen LogP contribution in [-0.2, 0) is 14.3 Å². The predicted octanol–water partition coefficient (Wildman–Crippen LogP) is 1.03. The molecule has 1 atom stereocenters. The number of carboxylic acids is 1. The molecule has 2 saturated heterocycles. The largest absolute Gasteiger partial charge is 0.481 e. The van der Waals surface area contributed by atoms with Crippen molar-refractivity contribution in [2.24, 2.45) is 5.41 Å². The Bertz CT molecular complexity index is 397. The molecule has 22 heavy (non-hydrogen) atoms. The summed E-state index contributed by atoms with van der Waals surface area (Å²) >= 11 is 0. The predicted molar refractivity (Wildman–Crippen MR) is 79.8 cm³/mol. The first-order valence-electron chi connectivity index (χ1n) is 7.93. The van der Waals surface area contributed by atoms with Gasteiger partial charge < -0.3 is 24.4 Å². The molecule has 0 spiro atoms. The first-order valence-corrected chi connectivity index (χ1v) is 7.93. The Hall–Kier alpha value is -1.34. The van der Waals surface area contributed by atoms with Gasteiger partial charge in [0.05, 0.1) is 18.6 Å². The summed E-state index contributed by atoms with van der Waals surface area (Å²) in [6.45, 7) is 3.75. The smallest absolute Gasteiger partial charge is 0.320 e. The quantitative estimate of drug-likeness (QED) is 0.767. The molecule has 0 saturated carbocycles. The lowest BCUT2D eigenvalue weighted by molar-refractivity contribution is -0.152. The van der Waals surface area contributed by atoms with Gasteiger partial charge in [0.1, 0.15) is 0 Å². The standard InChI is InChI=1S/C15H26N2O5/c1-21-9-3-5-15(13(18)19)4-2-6-17(12-15)14(20)16-7-10-22-11-8-16/h2-12H2,1H3,(H,18,19)/t15-/m1/s1. The van der Waals surface area contributed by atoms with Gasteiger partial charge in [0.25, 0.3) is 0 Å². The number of carbonyl (C=O) groups excluding carboxylic acids is 1. The van der Waals surface area contributed by atoms with E-state index in [0.717, 1.165) is 6.42 Å². The average Bonchev–Trinajstić information content (AvgIpc) is 2.55. The number of piperidine rings is 1. The zero-order valence-corrected chi connectivity index (χ0v) is 13.3. The van der Waals surface area contributed by atoms with Crippen molar-refractivity contribution in [2.45, 2.75) is 25.7 Å². The minimum Gasteiger partial charge on any atom is -0.481 e. The lowest BCUT2D eigenvalue weighted by Gasteiger charge is -2.42. The van der Waals surface area contributed by atoms with E-state index in [1.165, 1.54) is 0 Å². The molecule has 0 radical (unpaired) electrons. The summed E-state index contributed by atoms with van der Waals surface area (Å²) in [4.78, 5) is 27.8. The maximum Gasteiger partial charge on any atom is 0.320 e. The molecule has 2 aliphatic heterocycles. The molecular weight excluding hydrogens is 288 g/mol. The number of hydrogen-bond donors (Lipinski definition) is 1. The molecule has 0 aliphatic carbocycles. The van der Waals surface area contributed by atoms with Crippen LogP contribution in [0.15, 0.2) is 0 Å². The van der Waals surface area contributed by atoms with Crippen LogP contribution in [0.2, 0.25) is 0 Å². The first-order chi connectivity index (χ1) is 10.6. The van der Waals surface area contributed by atoms with Gasteiger partial charge in [0.2, 0.25) is 0 Å². The maximum absolute atomic E-state index is 12.6. The Morgan fingerprint density at radius 3 is 2.59 bits per heavy atom. The van der Waals surface area contributed by atoms with Crippen LogP contribution in [0.3, 0.4) is 0 Å². The molecule has 0 bridgehead atoms. The third-order valence-corrected chi connectivity index (χ3v) is 4.59. The van der Waals surface area contributed by atoms with Gasteiger partial charge in [-0.05, 0) is 25.7 Å². The number of amides is 2. The monoisotopic (exact) mass is 314 g/mol. The van der Waals surface area contributed by atoms with Gasteiger partial charge in [-0.1, -0.05) is 0 Å². The fourth-order valence-corrected chi connectivity index (χ4v) is 3.29. The van der Waals surface area contributed by atoms with Crippen LogP contribution in [0.1, 0.15) is 25.7 Å². The molecule has 2 heterocycles. The number of carbonyl (C=O) groups is 2. The van der Waals surface area contributed by atoms with Crippen LogP contribution in [-0.4, -0.2) is 80.0 Å². The molecule has 0 aromatic heterocycles. The fraction of sp³-hybridized carbons (Fsp3) is 0.867. The molecule has 2 fully saturated rings. The molecule has 0 unspecified atom stereocenters. The third-order valence-electron chi connectivity index (χ3n) is 4.59. The number of urea groups is 1. The molecular formula is C15H26N2O5. The van der Waals surface area contributed by atoms with Crippen LogP contribution in [0.5, 0.6) is 0 Å². The van der Waals surface area contributed by atoms with Crippen molar-refractivity contribution in [1.82, 2.24) is 9.80 Å². The van der Waals surface area contributed by atoms with Gasteiger partial charge in [-0.3, -0.25) is 4.79 Å². The summed E-state index contributed by atoms with van der Waals surface area (Å²) in [6.07, 6.45) is 2.60. The van der Waals surface area contributed by atoms with Crippen molar-refractivity contribution in [3.05, 3.63) is 0 Å². The number of ether oxygens (including phenoxy) is 2. The molecule has 1 N–H and O–H groups in total. The summed E-state index contributed by atoms with van der Waals surface area (Å²) in [5.41, 5.74) is -0.835. The lowest BCUT2D eigenvalue weighted by atomic mass is 9.76. The number of carboxylic acid groups (broad SMARTS) is 1. The van der Waals surface area contributed by atoms with E-state index in [1.54, 1.807) is 16.9 Å². The minimum atomic E-state index is -0.835. The lowest BCUT2D eigenvalue weighted by Crippen LogP contribution is -2.55. The third kappa shape index (κ3) is 3.89. The summed E-state index contributed by atoms with van der Waals surface area (Å²) in [5.74, 6) is -0.803. The van der Waals surface area contributed by atoms with E-state index in [0.29, 0.717) is 65.3 Å². The Labute approximate surface area is 131 Å².